The zero-order chi connectivity index (χ0) is 17.9. The van der Waals surface area contributed by atoms with Crippen LogP contribution >= 0.6 is 0 Å². The average molecular weight is 356 g/mol. The molecular formula is C17H20N6O3. The van der Waals surface area contributed by atoms with Crippen molar-refractivity contribution in [3.8, 4) is 0 Å². The Morgan fingerprint density at radius 3 is 3.12 bits per heavy atom. The lowest BCUT2D eigenvalue weighted by Gasteiger charge is -2.33. The minimum atomic E-state index is -0.201. The van der Waals surface area contributed by atoms with E-state index in [0.717, 1.165) is 24.8 Å². The van der Waals surface area contributed by atoms with Crippen molar-refractivity contribution >= 4 is 16.9 Å². The van der Waals surface area contributed by atoms with Gasteiger partial charge in [0.1, 0.15) is 17.1 Å². The molecule has 136 valence electrons. The number of benzene rings is 1. The molecule has 1 aromatic carbocycles. The van der Waals surface area contributed by atoms with Gasteiger partial charge in [0.2, 0.25) is 5.89 Å². The number of hydrogen-bond acceptors (Lipinski definition) is 7. The molecule has 3 heterocycles. The molecule has 1 amide bonds. The Labute approximate surface area is 149 Å². The van der Waals surface area contributed by atoms with Crippen molar-refractivity contribution in [2.75, 3.05) is 20.3 Å². The number of piperidine rings is 1. The maximum absolute atomic E-state index is 13.1. The summed E-state index contributed by atoms with van der Waals surface area (Å²) in [5.41, 5.74) is 1.98. The lowest BCUT2D eigenvalue weighted by atomic mass is 10.0. The summed E-state index contributed by atoms with van der Waals surface area (Å²) < 4.78 is 10.5. The zero-order valence-corrected chi connectivity index (χ0v) is 14.5. The number of likely N-dealkylation sites (tertiary alicyclic amines) is 1. The number of ether oxygens (including phenoxy) is 1. The van der Waals surface area contributed by atoms with Crippen LogP contribution in [-0.4, -0.2) is 56.6 Å². The van der Waals surface area contributed by atoms with Crippen molar-refractivity contribution < 1.29 is 14.1 Å². The number of H-pyrrole nitrogens is 1. The molecule has 0 unspecified atom stereocenters. The van der Waals surface area contributed by atoms with Gasteiger partial charge in [-0.3, -0.25) is 4.79 Å². The number of nitrogens with zero attached hydrogens (tertiary/aromatic N) is 5. The molecular weight excluding hydrogens is 336 g/mol. The highest BCUT2D eigenvalue weighted by Gasteiger charge is 2.32. The first-order valence-corrected chi connectivity index (χ1v) is 8.69. The molecule has 1 saturated heterocycles. The average Bonchev–Trinajstić information content (AvgIpc) is 3.34. The van der Waals surface area contributed by atoms with Gasteiger partial charge < -0.3 is 14.2 Å². The maximum Gasteiger partial charge on any atom is 0.254 e. The highest BCUT2D eigenvalue weighted by atomic mass is 16.5. The van der Waals surface area contributed by atoms with Crippen molar-refractivity contribution in [1.29, 1.82) is 0 Å². The lowest BCUT2D eigenvalue weighted by molar-refractivity contribution is 0.0561. The second kappa shape index (κ2) is 7.20. The van der Waals surface area contributed by atoms with Crippen LogP contribution in [0.2, 0.25) is 0 Å². The Kier molecular flexibility index (Phi) is 4.61. The van der Waals surface area contributed by atoms with Gasteiger partial charge in [-0.15, -0.1) is 0 Å². The molecule has 1 fully saturated rings. The largest absolute Gasteiger partial charge is 0.384 e. The highest BCUT2D eigenvalue weighted by Crippen LogP contribution is 2.31. The molecule has 0 saturated carbocycles. The normalized spacial score (nSPS) is 17.7. The van der Waals surface area contributed by atoms with Crippen LogP contribution in [0.3, 0.4) is 0 Å². The minimum Gasteiger partial charge on any atom is -0.384 e. The smallest absolute Gasteiger partial charge is 0.254 e. The van der Waals surface area contributed by atoms with E-state index in [0.29, 0.717) is 42.4 Å². The summed E-state index contributed by atoms with van der Waals surface area (Å²) in [6.07, 6.45) is 3.37. The summed E-state index contributed by atoms with van der Waals surface area (Å²) in [5, 5.41) is 14.6. The lowest BCUT2D eigenvalue weighted by Crippen LogP contribution is -2.38. The molecule has 1 aliphatic rings. The van der Waals surface area contributed by atoms with Crippen LogP contribution < -0.4 is 0 Å². The van der Waals surface area contributed by atoms with Crippen LogP contribution in [0.25, 0.3) is 11.0 Å². The van der Waals surface area contributed by atoms with Gasteiger partial charge in [-0.05, 0) is 37.5 Å². The summed E-state index contributed by atoms with van der Waals surface area (Å²) in [7, 11) is 1.63. The number of amides is 1. The van der Waals surface area contributed by atoms with E-state index in [2.05, 4.69) is 25.6 Å². The summed E-state index contributed by atoms with van der Waals surface area (Å²) in [5.74, 6) is 1.03. The number of aromatic amines is 1. The van der Waals surface area contributed by atoms with Crippen LogP contribution in [0.1, 0.15) is 47.4 Å². The fourth-order valence-corrected chi connectivity index (χ4v) is 3.27. The number of methoxy groups -OCH3 is 1. The molecule has 3 aromatic rings. The van der Waals surface area contributed by atoms with Gasteiger partial charge in [-0.25, -0.2) is 0 Å². The quantitative estimate of drug-likeness (QED) is 0.743. The van der Waals surface area contributed by atoms with Crippen LogP contribution in [0.15, 0.2) is 22.7 Å². The molecule has 0 bridgehead atoms. The number of fused-ring (bicyclic) bond motifs is 1. The Balaban J connectivity index is 1.58. The maximum atomic E-state index is 13.1. The van der Waals surface area contributed by atoms with Gasteiger partial charge in [-0.1, -0.05) is 5.16 Å². The number of hydrogen-bond donors (Lipinski definition) is 1. The van der Waals surface area contributed by atoms with Crippen LogP contribution in [-0.2, 0) is 11.2 Å². The van der Waals surface area contributed by atoms with E-state index in [9.17, 15) is 4.79 Å². The topological polar surface area (TPSA) is 110 Å². The third kappa shape index (κ3) is 3.17. The molecule has 0 radical (unpaired) electrons. The second-order valence-corrected chi connectivity index (χ2v) is 6.33. The molecule has 9 heteroatoms. The number of nitrogens with one attached hydrogen (secondary N) is 1. The number of aromatic nitrogens is 5. The summed E-state index contributed by atoms with van der Waals surface area (Å²) in [4.78, 5) is 19.4. The fraction of sp³-hybridized carbons (Fsp3) is 0.471. The van der Waals surface area contributed by atoms with E-state index in [1.807, 2.05) is 4.90 Å². The third-order valence-electron chi connectivity index (χ3n) is 4.63. The Morgan fingerprint density at radius 1 is 1.35 bits per heavy atom. The van der Waals surface area contributed by atoms with Crippen LogP contribution in [0, 0.1) is 0 Å². The Bertz CT molecular complexity index is 905. The van der Waals surface area contributed by atoms with Crippen molar-refractivity contribution in [2.45, 2.75) is 31.7 Å². The molecule has 1 atom stereocenters. The van der Waals surface area contributed by atoms with Crippen LogP contribution in [0.4, 0.5) is 0 Å². The minimum absolute atomic E-state index is 0.0590. The number of rotatable bonds is 5. The van der Waals surface area contributed by atoms with E-state index < -0.39 is 0 Å². The van der Waals surface area contributed by atoms with Crippen LogP contribution in [0.5, 0.6) is 0 Å². The monoisotopic (exact) mass is 356 g/mol. The molecule has 1 N–H and O–H groups in total. The summed E-state index contributed by atoms with van der Waals surface area (Å²) >= 11 is 0. The molecule has 2 aromatic heterocycles. The van der Waals surface area contributed by atoms with E-state index in [-0.39, 0.29) is 11.9 Å². The molecule has 1 aliphatic heterocycles. The fourth-order valence-electron chi connectivity index (χ4n) is 3.27. The standard InChI is InChI=1S/C17H20N6O3/c1-25-9-7-15-18-16(26-21-15)14-4-2-3-8-23(14)17(24)11-5-6-12-13(10-11)20-22-19-12/h5-6,10,14H,2-4,7-9H2,1H3,(H,19,20,22)/t14-/m0/s1. The predicted octanol–water partition coefficient (Wildman–Crippen LogP) is 1.90. The second-order valence-electron chi connectivity index (χ2n) is 6.33. The van der Waals surface area contributed by atoms with Crippen molar-refractivity contribution in [2.24, 2.45) is 0 Å². The van der Waals surface area contributed by atoms with Gasteiger partial charge in [0.05, 0.1) is 6.61 Å². The van der Waals surface area contributed by atoms with E-state index in [4.69, 9.17) is 9.26 Å². The van der Waals surface area contributed by atoms with E-state index in [1.165, 1.54) is 0 Å². The summed E-state index contributed by atoms with van der Waals surface area (Å²) in [6.45, 7) is 1.19. The van der Waals surface area contributed by atoms with E-state index in [1.54, 1.807) is 25.3 Å². The van der Waals surface area contributed by atoms with Gasteiger partial charge in [0.15, 0.2) is 5.82 Å². The predicted molar refractivity (Wildman–Crippen MR) is 91.4 cm³/mol. The first-order chi connectivity index (χ1) is 12.8. The third-order valence-corrected chi connectivity index (χ3v) is 4.63. The Morgan fingerprint density at radius 2 is 2.23 bits per heavy atom. The van der Waals surface area contributed by atoms with E-state index >= 15 is 0 Å². The molecule has 0 spiro atoms. The molecule has 0 aliphatic carbocycles. The molecule has 26 heavy (non-hydrogen) atoms. The SMILES string of the molecule is COCCc1noc([C@@H]2CCCCN2C(=O)c2ccc3n[nH]nc3c2)n1. The Hall–Kier alpha value is -2.81. The zero-order valence-electron chi connectivity index (χ0n) is 14.5. The highest BCUT2D eigenvalue weighted by molar-refractivity contribution is 5.97. The first kappa shape index (κ1) is 16.6. The van der Waals surface area contributed by atoms with Crippen molar-refractivity contribution in [3.63, 3.8) is 0 Å². The van der Waals surface area contributed by atoms with Gasteiger partial charge in [0, 0.05) is 25.6 Å². The van der Waals surface area contributed by atoms with Crippen molar-refractivity contribution in [3.05, 3.63) is 35.5 Å². The van der Waals surface area contributed by atoms with Crippen molar-refractivity contribution in [1.82, 2.24) is 30.5 Å². The van der Waals surface area contributed by atoms with Gasteiger partial charge in [-0.2, -0.15) is 20.4 Å². The summed E-state index contributed by atoms with van der Waals surface area (Å²) in [6, 6.07) is 5.12. The number of carbonyl (C=O) groups is 1. The number of carbonyl (C=O) groups excluding carboxylic acids is 1. The molecule has 9 nitrogen and oxygen atoms in total. The van der Waals surface area contributed by atoms with Gasteiger partial charge in [0.25, 0.3) is 5.91 Å². The van der Waals surface area contributed by atoms with Gasteiger partial charge >= 0.3 is 0 Å². The first-order valence-electron chi connectivity index (χ1n) is 8.69. The molecule has 4 rings (SSSR count).